The molecule has 27 heavy (non-hydrogen) atoms. The van der Waals surface area contributed by atoms with Crippen LogP contribution in [0.3, 0.4) is 0 Å². The fraction of sp³-hybridized carbons (Fsp3) is 0. The normalized spacial score (nSPS) is 12.1. The summed E-state index contributed by atoms with van der Waals surface area (Å²) < 4.78 is 0. The highest BCUT2D eigenvalue weighted by Gasteiger charge is 2.20. The maximum absolute atomic E-state index is 12.3. The average molecular weight is 348 g/mol. The van der Waals surface area contributed by atoms with Crippen molar-refractivity contribution in [1.29, 1.82) is 0 Å². The van der Waals surface area contributed by atoms with Crippen LogP contribution in [0.15, 0.2) is 76.3 Å². The van der Waals surface area contributed by atoms with E-state index in [9.17, 15) is 14.7 Å². The van der Waals surface area contributed by atoms with Crippen molar-refractivity contribution < 1.29 is 5.11 Å². The molecule has 0 atom stereocenters. The van der Waals surface area contributed by atoms with E-state index in [4.69, 9.17) is 0 Å². The van der Waals surface area contributed by atoms with E-state index in [2.05, 4.69) is 18.2 Å². The van der Waals surface area contributed by atoms with E-state index in [1.54, 1.807) is 0 Å². The fourth-order valence-electron chi connectivity index (χ4n) is 4.51. The highest BCUT2D eigenvalue weighted by atomic mass is 16.3. The molecular weight excluding hydrogens is 336 g/mol. The Morgan fingerprint density at radius 3 is 2.19 bits per heavy atom. The van der Waals surface area contributed by atoms with E-state index in [0.29, 0.717) is 10.8 Å². The molecule has 0 fully saturated rings. The first-order valence-electron chi connectivity index (χ1n) is 8.77. The quantitative estimate of drug-likeness (QED) is 0.245. The highest BCUT2D eigenvalue weighted by molar-refractivity contribution is 6.39. The first-order chi connectivity index (χ1) is 13.1. The van der Waals surface area contributed by atoms with Crippen molar-refractivity contribution in [3.63, 3.8) is 0 Å². The second kappa shape index (κ2) is 4.71. The molecule has 1 N–H and O–H groups in total. The van der Waals surface area contributed by atoms with E-state index in [-0.39, 0.29) is 0 Å². The van der Waals surface area contributed by atoms with Gasteiger partial charge in [-0.1, -0.05) is 54.6 Å². The van der Waals surface area contributed by atoms with Gasteiger partial charge in [0, 0.05) is 10.8 Å². The summed E-state index contributed by atoms with van der Waals surface area (Å²) in [4.78, 5) is 24.5. The van der Waals surface area contributed by atoms with E-state index in [1.165, 1.54) is 6.07 Å². The monoisotopic (exact) mass is 348 g/mol. The topological polar surface area (TPSA) is 54.4 Å². The SMILES string of the molecule is O=c1cc2c3cccc4ccc5cc6ccccc6c(c2c(O)c1=O)c5c43. The molecule has 0 saturated carbocycles. The molecule has 0 aromatic heterocycles. The number of benzene rings is 6. The minimum Gasteiger partial charge on any atom is -0.504 e. The van der Waals surface area contributed by atoms with E-state index >= 15 is 0 Å². The number of fused-ring (bicyclic) bond motifs is 5. The molecule has 0 heterocycles. The molecule has 6 aromatic carbocycles. The Morgan fingerprint density at radius 1 is 0.556 bits per heavy atom. The zero-order valence-electron chi connectivity index (χ0n) is 14.1. The molecule has 0 saturated heterocycles. The second-order valence-corrected chi connectivity index (χ2v) is 7.02. The van der Waals surface area contributed by atoms with Crippen molar-refractivity contribution in [1.82, 2.24) is 0 Å². The maximum atomic E-state index is 12.3. The summed E-state index contributed by atoms with van der Waals surface area (Å²) in [6.45, 7) is 0. The summed E-state index contributed by atoms with van der Waals surface area (Å²) in [5.74, 6) is -0.457. The summed E-state index contributed by atoms with van der Waals surface area (Å²) in [6, 6.07) is 21.5. The van der Waals surface area contributed by atoms with Crippen molar-refractivity contribution in [2.75, 3.05) is 0 Å². The van der Waals surface area contributed by atoms with E-state index < -0.39 is 16.6 Å². The van der Waals surface area contributed by atoms with Crippen molar-refractivity contribution in [3.8, 4) is 5.75 Å². The third kappa shape index (κ3) is 1.66. The molecule has 6 rings (SSSR count). The zero-order valence-corrected chi connectivity index (χ0v) is 14.1. The number of phenols is 1. The average Bonchev–Trinajstić information content (AvgIpc) is 2.70. The predicted octanol–water partition coefficient (Wildman–Crippen LogP) is 4.75. The van der Waals surface area contributed by atoms with Crippen LogP contribution in [0, 0.1) is 0 Å². The Hall–Kier alpha value is -3.72. The van der Waals surface area contributed by atoms with Crippen LogP contribution in [-0.4, -0.2) is 5.11 Å². The summed E-state index contributed by atoms with van der Waals surface area (Å²) in [5.41, 5.74) is -1.53. The van der Waals surface area contributed by atoms with Crippen LogP contribution >= 0.6 is 0 Å². The molecule has 0 radical (unpaired) electrons. The summed E-state index contributed by atoms with van der Waals surface area (Å²) in [7, 11) is 0. The van der Waals surface area contributed by atoms with E-state index in [0.717, 1.165) is 43.1 Å². The van der Waals surface area contributed by atoms with Gasteiger partial charge in [0.25, 0.3) is 5.43 Å². The number of phenolic OH excluding ortho intramolecular Hbond substituents is 1. The molecule has 3 heteroatoms. The molecule has 0 amide bonds. The lowest BCUT2D eigenvalue weighted by Gasteiger charge is -2.16. The summed E-state index contributed by atoms with van der Waals surface area (Å²) in [5, 5.41) is 19.7. The molecule has 0 aliphatic rings. The highest BCUT2D eigenvalue weighted by Crippen LogP contribution is 2.44. The van der Waals surface area contributed by atoms with Crippen LogP contribution in [0.25, 0.3) is 53.9 Å². The molecule has 0 aliphatic carbocycles. The largest absolute Gasteiger partial charge is 0.504 e. The number of rotatable bonds is 0. The third-order valence-electron chi connectivity index (χ3n) is 5.63. The Balaban J connectivity index is 2.18. The summed E-state index contributed by atoms with van der Waals surface area (Å²) >= 11 is 0. The van der Waals surface area contributed by atoms with Gasteiger partial charge >= 0.3 is 0 Å². The summed E-state index contributed by atoms with van der Waals surface area (Å²) in [6.07, 6.45) is 0. The Labute approximate surface area is 152 Å². The first-order valence-corrected chi connectivity index (χ1v) is 8.77. The van der Waals surface area contributed by atoms with Crippen LogP contribution in [0.5, 0.6) is 5.75 Å². The minimum absolute atomic E-state index is 0.457. The van der Waals surface area contributed by atoms with Gasteiger partial charge in [-0.2, -0.15) is 0 Å². The third-order valence-corrected chi connectivity index (χ3v) is 5.63. The molecule has 0 aliphatic heterocycles. The Morgan fingerprint density at radius 2 is 1.30 bits per heavy atom. The molecule has 0 spiro atoms. The van der Waals surface area contributed by atoms with Crippen molar-refractivity contribution >= 4 is 53.9 Å². The Bertz CT molecular complexity index is 1670. The van der Waals surface area contributed by atoms with Crippen LogP contribution in [-0.2, 0) is 0 Å². The number of aromatic hydroxyl groups is 1. The Kier molecular flexibility index (Phi) is 2.52. The minimum atomic E-state index is -0.846. The van der Waals surface area contributed by atoms with Gasteiger partial charge in [-0.15, -0.1) is 0 Å². The molecule has 0 bridgehead atoms. The van der Waals surface area contributed by atoms with Gasteiger partial charge in [0.05, 0.1) is 0 Å². The predicted molar refractivity (Wildman–Crippen MR) is 111 cm³/mol. The molecule has 126 valence electrons. The van der Waals surface area contributed by atoms with Gasteiger partial charge in [-0.3, -0.25) is 9.59 Å². The zero-order chi connectivity index (χ0) is 18.3. The standard InChI is InChI=1S/C24H12O3/c25-18-11-17-16-7-3-5-12-8-9-14-10-13-4-1-2-6-15(13)21(20(14)19(12)16)22(17)24(27)23(18)26/h1-11,27H. The lowest BCUT2D eigenvalue weighted by Crippen LogP contribution is -2.22. The van der Waals surface area contributed by atoms with Crippen molar-refractivity contribution in [3.05, 3.63) is 87.2 Å². The lowest BCUT2D eigenvalue weighted by atomic mass is 9.86. The first kappa shape index (κ1) is 14.4. The van der Waals surface area contributed by atoms with Crippen LogP contribution in [0.1, 0.15) is 0 Å². The molecule has 6 aromatic rings. The van der Waals surface area contributed by atoms with Crippen molar-refractivity contribution in [2.24, 2.45) is 0 Å². The smallest absolute Gasteiger partial charge is 0.267 e. The molecule has 0 unspecified atom stereocenters. The van der Waals surface area contributed by atoms with Gasteiger partial charge in [0.2, 0.25) is 5.43 Å². The van der Waals surface area contributed by atoms with Crippen LogP contribution in [0.4, 0.5) is 0 Å². The fourth-order valence-corrected chi connectivity index (χ4v) is 4.51. The second-order valence-electron chi connectivity index (χ2n) is 7.02. The van der Waals surface area contributed by atoms with Gasteiger partial charge in [0.15, 0.2) is 5.75 Å². The molecular formula is C24H12O3. The van der Waals surface area contributed by atoms with Gasteiger partial charge in [-0.25, -0.2) is 0 Å². The van der Waals surface area contributed by atoms with E-state index in [1.807, 2.05) is 42.5 Å². The molecule has 3 nitrogen and oxygen atoms in total. The number of hydrogen-bond acceptors (Lipinski definition) is 3. The van der Waals surface area contributed by atoms with Gasteiger partial charge < -0.3 is 5.11 Å². The van der Waals surface area contributed by atoms with Crippen LogP contribution in [0.2, 0.25) is 0 Å². The van der Waals surface area contributed by atoms with Gasteiger partial charge in [0.1, 0.15) is 0 Å². The maximum Gasteiger partial charge on any atom is 0.267 e. The van der Waals surface area contributed by atoms with Crippen molar-refractivity contribution in [2.45, 2.75) is 0 Å². The number of hydrogen-bond donors (Lipinski definition) is 1. The van der Waals surface area contributed by atoms with Crippen LogP contribution < -0.4 is 10.9 Å². The van der Waals surface area contributed by atoms with Gasteiger partial charge in [-0.05, 0) is 55.2 Å². The lowest BCUT2D eigenvalue weighted by molar-refractivity contribution is 0.476.